The predicted octanol–water partition coefficient (Wildman–Crippen LogP) is 2.33. The van der Waals surface area contributed by atoms with Crippen molar-refractivity contribution in [2.75, 3.05) is 0 Å². The van der Waals surface area contributed by atoms with E-state index in [0.717, 1.165) is 29.9 Å². The van der Waals surface area contributed by atoms with E-state index in [-0.39, 0.29) is 0 Å². The first-order valence-corrected chi connectivity index (χ1v) is 6.74. The van der Waals surface area contributed by atoms with E-state index in [2.05, 4.69) is 22.4 Å². The lowest BCUT2D eigenvalue weighted by Gasteiger charge is -2.10. The third-order valence-electron chi connectivity index (χ3n) is 2.76. The van der Waals surface area contributed by atoms with Crippen molar-refractivity contribution in [2.45, 2.75) is 39.3 Å². The summed E-state index contributed by atoms with van der Waals surface area (Å²) in [6.45, 7) is 4.97. The molecule has 0 aliphatic heterocycles. The Bertz CT molecular complexity index is 478. The van der Waals surface area contributed by atoms with E-state index in [9.17, 15) is 5.11 Å². The number of rotatable bonds is 5. The van der Waals surface area contributed by atoms with Crippen molar-refractivity contribution in [3.05, 3.63) is 34.0 Å². The number of hydrogen-bond acceptors (Lipinski definition) is 4. The molecule has 0 bridgehead atoms. The molecule has 1 N–H and O–H groups in total. The number of aliphatic hydroxyl groups excluding tert-OH is 1. The zero-order valence-corrected chi connectivity index (χ0v) is 10.9. The Morgan fingerprint density at radius 2 is 2.29 bits per heavy atom. The van der Waals surface area contributed by atoms with E-state index in [1.807, 2.05) is 17.0 Å². The van der Waals surface area contributed by atoms with Gasteiger partial charge in [0, 0.05) is 13.0 Å². The van der Waals surface area contributed by atoms with Gasteiger partial charge in [0.25, 0.3) is 0 Å². The summed E-state index contributed by atoms with van der Waals surface area (Å²) in [7, 11) is 0. The molecule has 17 heavy (non-hydrogen) atoms. The Balaban J connectivity index is 2.10. The highest BCUT2D eigenvalue weighted by Crippen LogP contribution is 2.24. The second kappa shape index (κ2) is 5.42. The number of nitrogens with zero attached hydrogens (tertiary/aromatic N) is 3. The summed E-state index contributed by atoms with van der Waals surface area (Å²) in [5.74, 6) is 0.852. The first-order valence-electron chi connectivity index (χ1n) is 5.79. The summed E-state index contributed by atoms with van der Waals surface area (Å²) >= 11 is 1.62. The summed E-state index contributed by atoms with van der Waals surface area (Å²) in [5, 5.41) is 18.4. The second-order valence-electron chi connectivity index (χ2n) is 4.13. The lowest BCUT2D eigenvalue weighted by Crippen LogP contribution is -2.10. The molecule has 1 atom stereocenters. The van der Waals surface area contributed by atoms with Gasteiger partial charge in [-0.2, -0.15) is 16.4 Å². The molecule has 0 saturated carbocycles. The average Bonchev–Trinajstić information content (AvgIpc) is 2.89. The minimum absolute atomic E-state index is 0.485. The zero-order valence-electron chi connectivity index (χ0n) is 10.1. The van der Waals surface area contributed by atoms with Crippen LogP contribution in [0.15, 0.2) is 17.1 Å². The van der Waals surface area contributed by atoms with E-state index in [0.29, 0.717) is 6.42 Å². The van der Waals surface area contributed by atoms with E-state index in [4.69, 9.17) is 0 Å². The van der Waals surface area contributed by atoms with Crippen LogP contribution in [0, 0.1) is 6.92 Å². The number of aliphatic hydroxyl groups is 1. The molecule has 92 valence electrons. The molecule has 0 amide bonds. The van der Waals surface area contributed by atoms with Crippen LogP contribution in [0.2, 0.25) is 0 Å². The Labute approximate surface area is 105 Å². The molecule has 4 nitrogen and oxygen atoms in total. The molecule has 0 radical (unpaired) electrons. The zero-order chi connectivity index (χ0) is 12.3. The Morgan fingerprint density at radius 1 is 1.47 bits per heavy atom. The first-order chi connectivity index (χ1) is 8.22. The van der Waals surface area contributed by atoms with Crippen LogP contribution >= 0.6 is 11.3 Å². The van der Waals surface area contributed by atoms with Crippen LogP contribution in [0.1, 0.15) is 36.4 Å². The van der Waals surface area contributed by atoms with E-state index in [1.54, 1.807) is 17.7 Å². The summed E-state index contributed by atoms with van der Waals surface area (Å²) in [6.07, 6.45) is 2.61. The lowest BCUT2D eigenvalue weighted by molar-refractivity contribution is 0.173. The largest absolute Gasteiger partial charge is 0.388 e. The smallest absolute Gasteiger partial charge is 0.138 e. The van der Waals surface area contributed by atoms with Crippen LogP contribution in [-0.2, 0) is 13.0 Å². The van der Waals surface area contributed by atoms with Crippen LogP contribution in [0.5, 0.6) is 0 Å². The molecule has 5 heteroatoms. The van der Waals surface area contributed by atoms with Gasteiger partial charge < -0.3 is 5.11 Å². The van der Waals surface area contributed by atoms with Gasteiger partial charge in [-0.3, -0.25) is 4.68 Å². The maximum Gasteiger partial charge on any atom is 0.138 e. The maximum atomic E-state index is 10.2. The minimum Gasteiger partial charge on any atom is -0.388 e. The molecule has 0 aliphatic rings. The second-order valence-corrected chi connectivity index (χ2v) is 4.87. The topological polar surface area (TPSA) is 50.9 Å². The number of hydrogen-bond donors (Lipinski definition) is 1. The summed E-state index contributed by atoms with van der Waals surface area (Å²) in [4.78, 5) is 4.21. The molecule has 2 rings (SSSR count). The molecule has 0 aromatic carbocycles. The maximum absolute atomic E-state index is 10.2. The number of aromatic nitrogens is 3. The summed E-state index contributed by atoms with van der Waals surface area (Å²) in [6, 6.07) is 0. The molecular formula is C12H17N3OS. The van der Waals surface area contributed by atoms with Gasteiger partial charge in [0.2, 0.25) is 0 Å². The van der Waals surface area contributed by atoms with Crippen LogP contribution in [0.3, 0.4) is 0 Å². The van der Waals surface area contributed by atoms with E-state index >= 15 is 0 Å². The molecule has 2 heterocycles. The lowest BCUT2D eigenvalue weighted by atomic mass is 10.1. The number of thiophene rings is 1. The predicted molar refractivity (Wildman–Crippen MR) is 68.0 cm³/mol. The molecule has 0 spiro atoms. The monoisotopic (exact) mass is 251 g/mol. The van der Waals surface area contributed by atoms with Crippen LogP contribution in [0.4, 0.5) is 0 Å². The molecule has 2 aromatic heterocycles. The Kier molecular flexibility index (Phi) is 3.91. The molecule has 2 aromatic rings. The molecule has 0 saturated heterocycles. The Hall–Kier alpha value is -1.20. The average molecular weight is 251 g/mol. The van der Waals surface area contributed by atoms with Gasteiger partial charge >= 0.3 is 0 Å². The SMILES string of the molecule is CCCn1ncnc1CC(O)c1cscc1C. The van der Waals surface area contributed by atoms with Gasteiger partial charge in [-0.05, 0) is 35.2 Å². The third-order valence-corrected chi connectivity index (χ3v) is 3.64. The number of aryl methyl sites for hydroxylation is 2. The van der Waals surface area contributed by atoms with Gasteiger partial charge in [-0.1, -0.05) is 6.92 Å². The summed E-state index contributed by atoms with van der Waals surface area (Å²) in [5.41, 5.74) is 2.14. The Morgan fingerprint density at radius 3 is 2.94 bits per heavy atom. The fraction of sp³-hybridized carbons (Fsp3) is 0.500. The van der Waals surface area contributed by atoms with E-state index < -0.39 is 6.10 Å². The normalized spacial score (nSPS) is 12.9. The van der Waals surface area contributed by atoms with Crippen molar-refractivity contribution in [2.24, 2.45) is 0 Å². The fourth-order valence-corrected chi connectivity index (χ4v) is 2.74. The fourth-order valence-electron chi connectivity index (χ4n) is 1.84. The van der Waals surface area contributed by atoms with Crippen molar-refractivity contribution in [1.82, 2.24) is 14.8 Å². The van der Waals surface area contributed by atoms with Gasteiger partial charge in [0.1, 0.15) is 12.2 Å². The van der Waals surface area contributed by atoms with Crippen molar-refractivity contribution in [3.63, 3.8) is 0 Å². The highest BCUT2D eigenvalue weighted by molar-refractivity contribution is 7.08. The molecule has 0 aliphatic carbocycles. The van der Waals surface area contributed by atoms with Gasteiger partial charge in [-0.25, -0.2) is 4.98 Å². The molecule has 1 unspecified atom stereocenters. The van der Waals surface area contributed by atoms with Crippen molar-refractivity contribution < 1.29 is 5.11 Å². The standard InChI is InChI=1S/C12H17N3OS/c1-3-4-15-12(13-8-14-15)5-11(16)10-7-17-6-9(10)2/h6-8,11,16H,3-5H2,1-2H3. The van der Waals surface area contributed by atoms with Crippen LogP contribution < -0.4 is 0 Å². The third kappa shape index (κ3) is 2.73. The highest BCUT2D eigenvalue weighted by Gasteiger charge is 2.15. The van der Waals surface area contributed by atoms with Crippen LogP contribution in [0.25, 0.3) is 0 Å². The van der Waals surface area contributed by atoms with Crippen molar-refractivity contribution >= 4 is 11.3 Å². The van der Waals surface area contributed by atoms with Crippen molar-refractivity contribution in [3.8, 4) is 0 Å². The molecule has 0 fully saturated rings. The van der Waals surface area contributed by atoms with Gasteiger partial charge in [0.15, 0.2) is 0 Å². The van der Waals surface area contributed by atoms with Crippen molar-refractivity contribution in [1.29, 1.82) is 0 Å². The minimum atomic E-state index is -0.485. The van der Waals surface area contributed by atoms with E-state index in [1.165, 1.54) is 0 Å². The first kappa shape index (κ1) is 12.3. The van der Waals surface area contributed by atoms with Crippen LogP contribution in [-0.4, -0.2) is 19.9 Å². The van der Waals surface area contributed by atoms with Gasteiger partial charge in [-0.15, -0.1) is 0 Å². The highest BCUT2D eigenvalue weighted by atomic mass is 32.1. The quantitative estimate of drug-likeness (QED) is 0.887. The summed E-state index contributed by atoms with van der Waals surface area (Å²) < 4.78 is 1.87. The molecular weight excluding hydrogens is 234 g/mol. The van der Waals surface area contributed by atoms with Gasteiger partial charge in [0.05, 0.1) is 6.10 Å².